The van der Waals surface area contributed by atoms with Gasteiger partial charge in [-0.3, -0.25) is 9.69 Å². The van der Waals surface area contributed by atoms with Crippen LogP contribution in [0.15, 0.2) is 54.9 Å². The van der Waals surface area contributed by atoms with Crippen molar-refractivity contribution < 1.29 is 23.0 Å². The molecule has 7 rings (SSSR count). The molecule has 1 unspecified atom stereocenters. The fraction of sp³-hybridized carbons (Fsp3) is 0.389. The summed E-state index contributed by atoms with van der Waals surface area (Å²) in [6, 6.07) is 15.5. The number of piperazine rings is 1. The average molecular weight is 673 g/mol. The second kappa shape index (κ2) is 13.2. The van der Waals surface area contributed by atoms with Crippen LogP contribution in [-0.2, 0) is 11.2 Å². The summed E-state index contributed by atoms with van der Waals surface area (Å²) in [7, 11) is 1.87. The first-order valence-corrected chi connectivity index (χ1v) is 16.5. The molecule has 3 aromatic carbocycles. The summed E-state index contributed by atoms with van der Waals surface area (Å²) in [4.78, 5) is 27.7. The number of likely N-dealkylation sites (N-methyl/N-ethyl adjacent to an activating group) is 1. The SMILES string of the molecule is C=C(F)C(=O)N1CCN(c2nc(OC[C@@H]3C[C@H](F)CN3C)nc3cc(-c4cccc5cccc(Cl)c45)c4c(c23)OCCC4)CC1CC#N. The van der Waals surface area contributed by atoms with Crippen LogP contribution in [0.4, 0.5) is 14.6 Å². The zero-order valence-electron chi connectivity index (χ0n) is 26.6. The van der Waals surface area contributed by atoms with Gasteiger partial charge in [-0.25, -0.2) is 8.78 Å². The highest BCUT2D eigenvalue weighted by Crippen LogP contribution is 2.46. The Balaban J connectivity index is 1.39. The third kappa shape index (κ3) is 5.88. The summed E-state index contributed by atoms with van der Waals surface area (Å²) in [5.41, 5.74) is 3.50. The second-order valence-electron chi connectivity index (χ2n) is 12.7. The highest BCUT2D eigenvalue weighted by Gasteiger charge is 2.35. The maximum atomic E-state index is 14.2. The summed E-state index contributed by atoms with van der Waals surface area (Å²) in [5.74, 6) is -0.682. The van der Waals surface area contributed by atoms with Crippen LogP contribution in [-0.4, -0.2) is 90.4 Å². The van der Waals surface area contributed by atoms with Gasteiger partial charge in [-0.05, 0) is 55.0 Å². The maximum Gasteiger partial charge on any atom is 0.319 e. The van der Waals surface area contributed by atoms with Crippen molar-refractivity contribution in [1.82, 2.24) is 19.8 Å². The zero-order valence-corrected chi connectivity index (χ0v) is 27.3. The van der Waals surface area contributed by atoms with E-state index in [-0.39, 0.29) is 38.2 Å². The van der Waals surface area contributed by atoms with Crippen molar-refractivity contribution >= 4 is 45.0 Å². The van der Waals surface area contributed by atoms with Crippen LogP contribution in [0, 0.1) is 11.3 Å². The molecule has 9 nitrogen and oxygen atoms in total. The third-order valence-corrected chi connectivity index (χ3v) is 9.93. The summed E-state index contributed by atoms with van der Waals surface area (Å²) in [6.07, 6.45) is 1.02. The topological polar surface area (TPSA) is 94.8 Å². The number of amides is 1. The summed E-state index contributed by atoms with van der Waals surface area (Å²) < 4.78 is 40.8. The Hall–Kier alpha value is -4.53. The first-order valence-electron chi connectivity index (χ1n) is 16.2. The standard InChI is InChI=1S/C36H35ClF2N6O3/c1-21(38)35(46)45-14-13-44(19-24(45)11-12-40)34-32-30(41-36(42-34)48-20-25-16-23(39)18-43(25)2)17-28(27-9-5-15-47-33(27)32)26-8-3-6-22-7-4-10-29(37)31(22)26/h3-4,6-8,10,17,23-25H,1,5,9,11,13-16,18-20H2,2H3/t23-,24?,25-/m0/s1. The van der Waals surface area contributed by atoms with Crippen LogP contribution in [0.25, 0.3) is 32.8 Å². The van der Waals surface area contributed by atoms with Crippen molar-refractivity contribution in [3.05, 3.63) is 65.5 Å². The number of alkyl halides is 1. The van der Waals surface area contributed by atoms with Gasteiger partial charge < -0.3 is 19.3 Å². The van der Waals surface area contributed by atoms with E-state index in [9.17, 15) is 18.8 Å². The maximum absolute atomic E-state index is 14.2. The highest BCUT2D eigenvalue weighted by atomic mass is 35.5. The molecule has 3 aliphatic heterocycles. The number of carbonyl (C=O) groups excluding carboxylic acids is 1. The Kier molecular flexibility index (Phi) is 8.79. The molecule has 1 aromatic heterocycles. The van der Waals surface area contributed by atoms with Crippen molar-refractivity contribution in [2.45, 2.75) is 43.9 Å². The van der Waals surface area contributed by atoms with E-state index in [0.29, 0.717) is 53.6 Å². The fourth-order valence-electron chi connectivity index (χ4n) is 7.28. The van der Waals surface area contributed by atoms with Crippen LogP contribution >= 0.6 is 11.6 Å². The van der Waals surface area contributed by atoms with E-state index in [0.717, 1.165) is 40.3 Å². The van der Waals surface area contributed by atoms with Crippen molar-refractivity contribution in [3.8, 4) is 29.0 Å². The van der Waals surface area contributed by atoms with Gasteiger partial charge in [0.2, 0.25) is 0 Å². The molecule has 3 aliphatic rings. The lowest BCUT2D eigenvalue weighted by molar-refractivity contribution is -0.131. The molecule has 0 radical (unpaired) electrons. The number of benzene rings is 3. The molecule has 4 aromatic rings. The van der Waals surface area contributed by atoms with Gasteiger partial charge >= 0.3 is 6.01 Å². The van der Waals surface area contributed by atoms with Crippen LogP contribution in [0.3, 0.4) is 0 Å². The van der Waals surface area contributed by atoms with Crippen LogP contribution < -0.4 is 14.4 Å². The largest absolute Gasteiger partial charge is 0.492 e. The van der Waals surface area contributed by atoms with Crippen molar-refractivity contribution in [2.24, 2.45) is 0 Å². The van der Waals surface area contributed by atoms with Gasteiger partial charge in [-0.15, -0.1) is 0 Å². The number of likely N-dealkylation sites (tertiary alicyclic amines) is 1. The predicted octanol–water partition coefficient (Wildman–Crippen LogP) is 6.26. The predicted molar refractivity (Wildman–Crippen MR) is 181 cm³/mol. The minimum absolute atomic E-state index is 0.000894. The molecule has 48 heavy (non-hydrogen) atoms. The second-order valence-corrected chi connectivity index (χ2v) is 13.1. The normalized spacial score (nSPS) is 21.2. The molecular weight excluding hydrogens is 638 g/mol. The van der Waals surface area contributed by atoms with Crippen LogP contribution in [0.5, 0.6) is 11.8 Å². The molecule has 4 heterocycles. The van der Waals surface area contributed by atoms with Gasteiger partial charge in [0.25, 0.3) is 5.91 Å². The number of anilines is 1. The van der Waals surface area contributed by atoms with E-state index in [1.54, 1.807) is 0 Å². The number of aromatic nitrogens is 2. The molecule has 248 valence electrons. The lowest BCUT2D eigenvalue weighted by Gasteiger charge is -2.41. The lowest BCUT2D eigenvalue weighted by atomic mass is 9.89. The number of hydrogen-bond acceptors (Lipinski definition) is 8. The van der Waals surface area contributed by atoms with Gasteiger partial charge in [-0.1, -0.05) is 48.5 Å². The van der Waals surface area contributed by atoms with E-state index < -0.39 is 23.9 Å². The minimum Gasteiger partial charge on any atom is -0.492 e. The molecule has 0 N–H and O–H groups in total. The summed E-state index contributed by atoms with van der Waals surface area (Å²) >= 11 is 6.79. The summed E-state index contributed by atoms with van der Waals surface area (Å²) in [6.45, 7) is 4.94. The first-order chi connectivity index (χ1) is 23.2. The van der Waals surface area contributed by atoms with Crippen molar-refractivity contribution in [3.63, 3.8) is 0 Å². The van der Waals surface area contributed by atoms with E-state index in [1.807, 2.05) is 53.2 Å². The monoisotopic (exact) mass is 672 g/mol. The molecule has 3 atom stereocenters. The summed E-state index contributed by atoms with van der Waals surface area (Å²) in [5, 5.41) is 12.9. The molecule has 1 amide bonds. The lowest BCUT2D eigenvalue weighted by Crippen LogP contribution is -2.55. The van der Waals surface area contributed by atoms with Crippen LogP contribution in [0.1, 0.15) is 24.8 Å². The molecule has 12 heteroatoms. The Labute approximate surface area is 282 Å². The first kappa shape index (κ1) is 32.0. The zero-order chi connectivity index (χ0) is 33.5. The Morgan fingerprint density at radius 2 is 1.96 bits per heavy atom. The van der Waals surface area contributed by atoms with E-state index in [4.69, 9.17) is 31.0 Å². The number of ether oxygens (including phenoxy) is 2. The third-order valence-electron chi connectivity index (χ3n) is 9.61. The van der Waals surface area contributed by atoms with Gasteiger partial charge in [0.1, 0.15) is 24.3 Å². The number of rotatable bonds is 7. The molecular formula is C36H35ClF2N6O3. The number of hydrogen-bond donors (Lipinski definition) is 0. The van der Waals surface area contributed by atoms with Crippen LogP contribution in [0.2, 0.25) is 5.02 Å². The molecule has 0 aliphatic carbocycles. The molecule has 0 bridgehead atoms. The fourth-order valence-corrected chi connectivity index (χ4v) is 7.56. The number of carbonyl (C=O) groups is 1. The van der Waals surface area contributed by atoms with Gasteiger partial charge in [0.15, 0.2) is 5.83 Å². The van der Waals surface area contributed by atoms with Crippen molar-refractivity contribution in [2.75, 3.05) is 51.3 Å². The molecule has 2 fully saturated rings. The molecule has 2 saturated heterocycles. The van der Waals surface area contributed by atoms with Crippen molar-refractivity contribution in [1.29, 1.82) is 5.26 Å². The quantitative estimate of drug-likeness (QED) is 0.212. The number of nitriles is 1. The Bertz CT molecular complexity index is 1960. The number of nitrogens with zero attached hydrogens (tertiary/aromatic N) is 6. The average Bonchev–Trinajstić information content (AvgIpc) is 3.42. The number of fused-ring (bicyclic) bond motifs is 4. The van der Waals surface area contributed by atoms with E-state index in [2.05, 4.69) is 18.7 Å². The van der Waals surface area contributed by atoms with Gasteiger partial charge in [-0.2, -0.15) is 15.2 Å². The molecule has 0 saturated carbocycles. The smallest absolute Gasteiger partial charge is 0.319 e. The van der Waals surface area contributed by atoms with E-state index in [1.165, 1.54) is 4.90 Å². The number of halogens is 3. The van der Waals surface area contributed by atoms with E-state index >= 15 is 0 Å². The highest BCUT2D eigenvalue weighted by molar-refractivity contribution is 6.36. The minimum atomic E-state index is -1.06. The van der Waals surface area contributed by atoms with Gasteiger partial charge in [0, 0.05) is 48.2 Å². The van der Waals surface area contributed by atoms with Gasteiger partial charge in [0.05, 0.1) is 36.0 Å². The molecule has 0 spiro atoms. The Morgan fingerprint density at radius 3 is 2.71 bits per heavy atom. The Morgan fingerprint density at radius 1 is 1.15 bits per heavy atom.